The van der Waals surface area contributed by atoms with Crippen molar-refractivity contribution in [2.45, 2.75) is 19.6 Å². The van der Waals surface area contributed by atoms with E-state index >= 15 is 0 Å². The summed E-state index contributed by atoms with van der Waals surface area (Å²) in [5, 5.41) is 9.63. The molecule has 0 radical (unpaired) electrons. The number of hydrogen-bond donors (Lipinski definition) is 2. The van der Waals surface area contributed by atoms with Crippen molar-refractivity contribution >= 4 is 11.2 Å². The second-order valence-corrected chi connectivity index (χ2v) is 3.51. The topological polar surface area (TPSA) is 92.9 Å². The van der Waals surface area contributed by atoms with Crippen LogP contribution in [0.15, 0.2) is 15.9 Å². The third kappa shape index (κ3) is 1.28. The first kappa shape index (κ1) is 10.6. The van der Waals surface area contributed by atoms with Crippen molar-refractivity contribution in [2.75, 3.05) is 0 Å². The minimum atomic E-state index is -1.11. The standard InChI is InChI=1S/C9H12N4O3/c1-3-5(14)13-8(15)6-7(11-4-10-6)12(2)9(13)16/h4-5,14H,3H2,1-2H3,(H,10,11). The summed E-state index contributed by atoms with van der Waals surface area (Å²) in [7, 11) is 1.50. The van der Waals surface area contributed by atoms with Gasteiger partial charge in [-0.3, -0.25) is 9.36 Å². The van der Waals surface area contributed by atoms with E-state index in [9.17, 15) is 14.7 Å². The zero-order chi connectivity index (χ0) is 11.9. The number of rotatable bonds is 2. The van der Waals surface area contributed by atoms with Crippen LogP contribution in [0.4, 0.5) is 0 Å². The molecule has 0 amide bonds. The second-order valence-electron chi connectivity index (χ2n) is 3.51. The van der Waals surface area contributed by atoms with Gasteiger partial charge in [0, 0.05) is 7.05 Å². The lowest BCUT2D eigenvalue weighted by Crippen LogP contribution is -2.41. The van der Waals surface area contributed by atoms with E-state index in [-0.39, 0.29) is 17.6 Å². The molecule has 7 heteroatoms. The van der Waals surface area contributed by atoms with Gasteiger partial charge in [-0.15, -0.1) is 0 Å². The molecule has 2 aromatic heterocycles. The molecule has 0 aliphatic heterocycles. The molecule has 1 unspecified atom stereocenters. The predicted octanol–water partition coefficient (Wildman–Crippen LogP) is -0.676. The van der Waals surface area contributed by atoms with Gasteiger partial charge in [-0.05, 0) is 6.42 Å². The number of aromatic amines is 1. The van der Waals surface area contributed by atoms with Gasteiger partial charge in [-0.1, -0.05) is 6.92 Å². The summed E-state index contributed by atoms with van der Waals surface area (Å²) in [5.74, 6) is 0. The van der Waals surface area contributed by atoms with Gasteiger partial charge >= 0.3 is 5.69 Å². The molecule has 2 heterocycles. The van der Waals surface area contributed by atoms with Crippen molar-refractivity contribution in [1.29, 1.82) is 0 Å². The Morgan fingerprint density at radius 2 is 2.25 bits per heavy atom. The fraction of sp³-hybridized carbons (Fsp3) is 0.444. The number of aryl methyl sites for hydroxylation is 1. The van der Waals surface area contributed by atoms with Crippen LogP contribution in [0.1, 0.15) is 19.6 Å². The van der Waals surface area contributed by atoms with Crippen molar-refractivity contribution in [3.63, 3.8) is 0 Å². The number of fused-ring (bicyclic) bond motifs is 1. The SMILES string of the molecule is CCC(O)n1c(=O)c2[nH]cnc2n(C)c1=O. The lowest BCUT2D eigenvalue weighted by Gasteiger charge is -2.12. The molecule has 0 aliphatic rings. The molecule has 2 N–H and O–H groups in total. The molecule has 0 saturated carbocycles. The highest BCUT2D eigenvalue weighted by Gasteiger charge is 2.16. The molecule has 0 bridgehead atoms. The van der Waals surface area contributed by atoms with Crippen LogP contribution >= 0.6 is 0 Å². The summed E-state index contributed by atoms with van der Waals surface area (Å²) in [5.41, 5.74) is -0.618. The highest BCUT2D eigenvalue weighted by atomic mass is 16.3. The van der Waals surface area contributed by atoms with E-state index in [1.54, 1.807) is 6.92 Å². The summed E-state index contributed by atoms with van der Waals surface area (Å²) in [4.78, 5) is 30.2. The maximum absolute atomic E-state index is 11.9. The van der Waals surface area contributed by atoms with Gasteiger partial charge in [0.05, 0.1) is 6.33 Å². The fourth-order valence-corrected chi connectivity index (χ4v) is 1.60. The minimum absolute atomic E-state index is 0.217. The molecule has 0 spiro atoms. The fourth-order valence-electron chi connectivity index (χ4n) is 1.60. The van der Waals surface area contributed by atoms with Gasteiger partial charge in [0.25, 0.3) is 5.56 Å². The molecule has 2 aromatic rings. The van der Waals surface area contributed by atoms with Crippen LogP contribution in [0.5, 0.6) is 0 Å². The Morgan fingerprint density at radius 1 is 1.56 bits per heavy atom. The quantitative estimate of drug-likeness (QED) is 0.707. The molecular formula is C9H12N4O3. The van der Waals surface area contributed by atoms with E-state index in [1.165, 1.54) is 17.9 Å². The first-order valence-corrected chi connectivity index (χ1v) is 4.90. The number of imidazole rings is 1. The Hall–Kier alpha value is -1.89. The average molecular weight is 224 g/mol. The van der Waals surface area contributed by atoms with E-state index in [1.807, 2.05) is 0 Å². The molecular weight excluding hydrogens is 212 g/mol. The van der Waals surface area contributed by atoms with Crippen LogP contribution in [0.3, 0.4) is 0 Å². The van der Waals surface area contributed by atoms with Crippen LogP contribution < -0.4 is 11.2 Å². The zero-order valence-electron chi connectivity index (χ0n) is 8.97. The summed E-state index contributed by atoms with van der Waals surface area (Å²) >= 11 is 0. The molecule has 0 fully saturated rings. The second kappa shape index (κ2) is 3.60. The van der Waals surface area contributed by atoms with Gasteiger partial charge in [0.15, 0.2) is 5.65 Å². The van der Waals surface area contributed by atoms with Gasteiger partial charge < -0.3 is 10.1 Å². The van der Waals surface area contributed by atoms with Gasteiger partial charge in [0.2, 0.25) is 0 Å². The lowest BCUT2D eigenvalue weighted by molar-refractivity contribution is 0.0906. The Bertz CT molecular complexity index is 636. The molecule has 2 rings (SSSR count). The van der Waals surface area contributed by atoms with E-state index in [0.29, 0.717) is 0 Å². The molecule has 0 saturated heterocycles. The highest BCUT2D eigenvalue weighted by molar-refractivity contribution is 5.68. The van der Waals surface area contributed by atoms with Crippen molar-refractivity contribution in [2.24, 2.45) is 7.05 Å². The minimum Gasteiger partial charge on any atom is -0.373 e. The first-order valence-electron chi connectivity index (χ1n) is 4.90. The van der Waals surface area contributed by atoms with E-state index in [4.69, 9.17) is 0 Å². The Morgan fingerprint density at radius 3 is 2.88 bits per heavy atom. The predicted molar refractivity (Wildman–Crippen MR) is 57.1 cm³/mol. The number of aromatic nitrogens is 4. The lowest BCUT2D eigenvalue weighted by atomic mass is 10.4. The molecule has 0 aromatic carbocycles. The zero-order valence-corrected chi connectivity index (χ0v) is 8.97. The number of hydrogen-bond acceptors (Lipinski definition) is 4. The number of H-pyrrole nitrogens is 1. The number of aliphatic hydroxyl groups is 1. The number of aliphatic hydroxyl groups excluding tert-OH is 1. The van der Waals surface area contributed by atoms with E-state index < -0.39 is 17.5 Å². The van der Waals surface area contributed by atoms with Crippen LogP contribution in [-0.2, 0) is 7.05 Å². The molecule has 0 aliphatic carbocycles. The third-order valence-electron chi connectivity index (χ3n) is 2.53. The summed E-state index contributed by atoms with van der Waals surface area (Å²) < 4.78 is 2.05. The summed E-state index contributed by atoms with van der Waals surface area (Å²) in [6.07, 6.45) is 0.516. The maximum Gasteiger partial charge on any atom is 0.334 e. The monoisotopic (exact) mass is 224 g/mol. The Labute approximate surface area is 90.0 Å². The van der Waals surface area contributed by atoms with Gasteiger partial charge in [-0.25, -0.2) is 14.3 Å². The number of nitrogens with one attached hydrogen (secondary N) is 1. The molecule has 86 valence electrons. The summed E-state index contributed by atoms with van der Waals surface area (Å²) in [6, 6.07) is 0. The van der Waals surface area contributed by atoms with Crippen LogP contribution in [0.25, 0.3) is 11.2 Å². The van der Waals surface area contributed by atoms with Crippen molar-refractivity contribution < 1.29 is 5.11 Å². The van der Waals surface area contributed by atoms with Crippen LogP contribution in [-0.4, -0.2) is 24.2 Å². The van der Waals surface area contributed by atoms with Crippen molar-refractivity contribution in [1.82, 2.24) is 19.1 Å². The maximum atomic E-state index is 11.9. The molecule has 7 nitrogen and oxygen atoms in total. The average Bonchev–Trinajstić information content (AvgIpc) is 2.75. The van der Waals surface area contributed by atoms with E-state index in [0.717, 1.165) is 4.57 Å². The smallest absolute Gasteiger partial charge is 0.334 e. The highest BCUT2D eigenvalue weighted by Crippen LogP contribution is 2.04. The van der Waals surface area contributed by atoms with Crippen molar-refractivity contribution in [3.05, 3.63) is 27.2 Å². The molecule has 16 heavy (non-hydrogen) atoms. The van der Waals surface area contributed by atoms with Crippen LogP contribution in [0.2, 0.25) is 0 Å². The first-order chi connectivity index (χ1) is 7.57. The normalized spacial score (nSPS) is 13.2. The summed E-state index contributed by atoms with van der Waals surface area (Å²) in [6.45, 7) is 1.69. The Kier molecular flexibility index (Phi) is 2.39. The van der Waals surface area contributed by atoms with Gasteiger partial charge in [-0.2, -0.15) is 0 Å². The third-order valence-corrected chi connectivity index (χ3v) is 2.53. The molecule has 1 atom stereocenters. The van der Waals surface area contributed by atoms with E-state index in [2.05, 4.69) is 9.97 Å². The largest absolute Gasteiger partial charge is 0.373 e. The number of nitrogens with zero attached hydrogens (tertiary/aromatic N) is 3. The van der Waals surface area contributed by atoms with Crippen LogP contribution in [0, 0.1) is 0 Å². The van der Waals surface area contributed by atoms with Crippen molar-refractivity contribution in [3.8, 4) is 0 Å². The van der Waals surface area contributed by atoms with Gasteiger partial charge in [0.1, 0.15) is 11.7 Å². The Balaban J connectivity index is 2.94.